The molecule has 0 aliphatic rings. The summed E-state index contributed by atoms with van der Waals surface area (Å²) in [5.41, 5.74) is 13.6. The zero-order valence-electron chi connectivity index (χ0n) is 7.98. The minimum absolute atomic E-state index is 0.0928. The zero-order chi connectivity index (χ0) is 10.8. The van der Waals surface area contributed by atoms with Crippen LogP contribution in [0.25, 0.3) is 0 Å². The molecule has 0 aliphatic heterocycles. The van der Waals surface area contributed by atoms with E-state index in [0.29, 0.717) is 0 Å². The summed E-state index contributed by atoms with van der Waals surface area (Å²) in [4.78, 5) is 1.13. The summed E-state index contributed by atoms with van der Waals surface area (Å²) >= 11 is 5.07. The number of anilines is 1. The van der Waals surface area contributed by atoms with Crippen LogP contribution >= 0.6 is 27.3 Å². The predicted molar refractivity (Wildman–Crippen MR) is 68.9 cm³/mol. The highest BCUT2D eigenvalue weighted by molar-refractivity contribution is 9.11. The van der Waals surface area contributed by atoms with Gasteiger partial charge >= 0.3 is 0 Å². The van der Waals surface area contributed by atoms with E-state index in [9.17, 15) is 0 Å². The molecule has 2 nitrogen and oxygen atoms in total. The lowest BCUT2D eigenvalue weighted by atomic mass is 10.1. The lowest BCUT2D eigenvalue weighted by molar-refractivity contribution is 0.894. The average molecular weight is 283 g/mol. The van der Waals surface area contributed by atoms with E-state index in [0.717, 1.165) is 19.9 Å². The lowest BCUT2D eigenvalue weighted by Gasteiger charge is -2.10. The first kappa shape index (κ1) is 10.7. The van der Waals surface area contributed by atoms with Crippen molar-refractivity contribution in [3.05, 3.63) is 50.6 Å². The molecule has 78 valence electrons. The van der Waals surface area contributed by atoms with Crippen LogP contribution in [0.3, 0.4) is 0 Å². The maximum atomic E-state index is 6.13. The number of rotatable bonds is 2. The van der Waals surface area contributed by atoms with Crippen molar-refractivity contribution in [3.8, 4) is 0 Å². The first-order valence-corrected chi connectivity index (χ1v) is 6.14. The van der Waals surface area contributed by atoms with Gasteiger partial charge in [-0.05, 0) is 45.8 Å². The quantitative estimate of drug-likeness (QED) is 0.832. The number of hydrogen-bond acceptors (Lipinski definition) is 3. The van der Waals surface area contributed by atoms with Crippen LogP contribution in [0.2, 0.25) is 0 Å². The van der Waals surface area contributed by atoms with Crippen LogP contribution in [0.4, 0.5) is 5.69 Å². The van der Waals surface area contributed by atoms with Crippen molar-refractivity contribution < 1.29 is 0 Å². The third kappa shape index (κ3) is 2.40. The Balaban J connectivity index is 2.32. The van der Waals surface area contributed by atoms with Gasteiger partial charge < -0.3 is 11.5 Å². The van der Waals surface area contributed by atoms with Gasteiger partial charge in [0.15, 0.2) is 0 Å². The largest absolute Gasteiger partial charge is 0.399 e. The summed E-state index contributed by atoms with van der Waals surface area (Å²) in [6.07, 6.45) is 0. The summed E-state index contributed by atoms with van der Waals surface area (Å²) in [6, 6.07) is 11.6. The van der Waals surface area contributed by atoms with Crippen molar-refractivity contribution >= 4 is 33.0 Å². The second-order valence-electron chi connectivity index (χ2n) is 3.29. The van der Waals surface area contributed by atoms with Crippen molar-refractivity contribution in [3.63, 3.8) is 0 Å². The van der Waals surface area contributed by atoms with Crippen molar-refractivity contribution in [1.29, 1.82) is 0 Å². The molecule has 2 rings (SSSR count). The first-order valence-electron chi connectivity index (χ1n) is 4.53. The smallest absolute Gasteiger partial charge is 0.0702 e. The molecule has 0 aliphatic carbocycles. The number of nitrogens with two attached hydrogens (primary N) is 2. The van der Waals surface area contributed by atoms with Crippen molar-refractivity contribution in [2.24, 2.45) is 5.73 Å². The summed E-state index contributed by atoms with van der Waals surface area (Å²) in [5, 5.41) is 0. The van der Waals surface area contributed by atoms with Gasteiger partial charge in [-0.3, -0.25) is 0 Å². The minimum Gasteiger partial charge on any atom is -0.399 e. The lowest BCUT2D eigenvalue weighted by Crippen LogP contribution is -2.10. The predicted octanol–water partition coefficient (Wildman–Crippen LogP) is 3.14. The second kappa shape index (κ2) is 4.35. The van der Waals surface area contributed by atoms with E-state index in [4.69, 9.17) is 11.5 Å². The maximum Gasteiger partial charge on any atom is 0.0702 e. The van der Waals surface area contributed by atoms with Gasteiger partial charge in [0, 0.05) is 10.6 Å². The minimum atomic E-state index is -0.0928. The van der Waals surface area contributed by atoms with E-state index in [2.05, 4.69) is 15.9 Å². The normalized spacial score (nSPS) is 12.7. The monoisotopic (exact) mass is 282 g/mol. The number of halogens is 1. The third-order valence-electron chi connectivity index (χ3n) is 2.17. The first-order chi connectivity index (χ1) is 7.16. The highest BCUT2D eigenvalue weighted by atomic mass is 79.9. The van der Waals surface area contributed by atoms with Gasteiger partial charge in [-0.15, -0.1) is 11.3 Å². The summed E-state index contributed by atoms with van der Waals surface area (Å²) in [7, 11) is 0. The maximum absolute atomic E-state index is 6.13. The van der Waals surface area contributed by atoms with Crippen LogP contribution in [0, 0.1) is 0 Å². The van der Waals surface area contributed by atoms with Gasteiger partial charge in [0.05, 0.1) is 9.83 Å². The van der Waals surface area contributed by atoms with E-state index >= 15 is 0 Å². The zero-order valence-corrected chi connectivity index (χ0v) is 10.4. The number of hydrogen-bond donors (Lipinski definition) is 2. The van der Waals surface area contributed by atoms with Crippen molar-refractivity contribution in [2.45, 2.75) is 6.04 Å². The fraction of sp³-hybridized carbons (Fsp3) is 0.0909. The molecular formula is C11H11BrN2S. The Morgan fingerprint density at radius 2 is 2.00 bits per heavy atom. The molecular weight excluding hydrogens is 272 g/mol. The summed E-state index contributed by atoms with van der Waals surface area (Å²) < 4.78 is 1.09. The molecule has 0 radical (unpaired) electrons. The van der Waals surface area contributed by atoms with Crippen LogP contribution in [-0.4, -0.2) is 0 Å². The Hall–Kier alpha value is -0.840. The molecule has 0 amide bonds. The van der Waals surface area contributed by atoms with Gasteiger partial charge in [-0.25, -0.2) is 0 Å². The van der Waals surface area contributed by atoms with E-state index in [1.807, 2.05) is 36.4 Å². The van der Waals surface area contributed by atoms with Gasteiger partial charge in [-0.1, -0.05) is 12.1 Å². The molecule has 1 aromatic heterocycles. The Labute approximate surface area is 101 Å². The summed E-state index contributed by atoms with van der Waals surface area (Å²) in [6.45, 7) is 0. The highest BCUT2D eigenvalue weighted by Gasteiger charge is 2.10. The highest BCUT2D eigenvalue weighted by Crippen LogP contribution is 2.30. The van der Waals surface area contributed by atoms with Crippen LogP contribution < -0.4 is 11.5 Å². The number of benzene rings is 1. The molecule has 1 atom stereocenters. The third-order valence-corrected chi connectivity index (χ3v) is 3.88. The molecule has 2 aromatic rings. The summed E-state index contributed by atoms with van der Waals surface area (Å²) in [5.74, 6) is 0. The van der Waals surface area contributed by atoms with E-state index < -0.39 is 0 Å². The molecule has 1 unspecified atom stereocenters. The van der Waals surface area contributed by atoms with E-state index in [-0.39, 0.29) is 6.04 Å². The molecule has 4 heteroatoms. The second-order valence-corrected chi connectivity index (χ2v) is 5.78. The molecule has 0 bridgehead atoms. The van der Waals surface area contributed by atoms with Crippen molar-refractivity contribution in [2.75, 3.05) is 5.73 Å². The van der Waals surface area contributed by atoms with Gasteiger partial charge in [-0.2, -0.15) is 0 Å². The molecule has 0 saturated carbocycles. The molecule has 4 N–H and O–H groups in total. The molecule has 0 saturated heterocycles. The Kier molecular flexibility index (Phi) is 3.09. The fourth-order valence-corrected chi connectivity index (χ4v) is 2.87. The molecule has 1 heterocycles. The van der Waals surface area contributed by atoms with Gasteiger partial charge in [0.2, 0.25) is 0 Å². The SMILES string of the molecule is Nc1cccc(C(N)c2ccc(Br)s2)c1. The molecule has 0 fully saturated rings. The van der Waals surface area contributed by atoms with Crippen LogP contribution in [0.1, 0.15) is 16.5 Å². The van der Waals surface area contributed by atoms with E-state index in [1.54, 1.807) is 11.3 Å². The Bertz CT molecular complexity index is 467. The number of thiophene rings is 1. The topological polar surface area (TPSA) is 52.0 Å². The van der Waals surface area contributed by atoms with Crippen LogP contribution in [-0.2, 0) is 0 Å². The van der Waals surface area contributed by atoms with Gasteiger partial charge in [0.1, 0.15) is 0 Å². The molecule has 1 aromatic carbocycles. The van der Waals surface area contributed by atoms with Crippen LogP contribution in [0.5, 0.6) is 0 Å². The standard InChI is InChI=1S/C11H11BrN2S/c12-10-5-4-9(15-10)11(14)7-2-1-3-8(13)6-7/h1-6,11H,13-14H2. The number of nitrogen functional groups attached to an aromatic ring is 1. The van der Waals surface area contributed by atoms with E-state index in [1.165, 1.54) is 0 Å². The molecule has 0 spiro atoms. The molecule has 15 heavy (non-hydrogen) atoms. The van der Waals surface area contributed by atoms with Crippen LogP contribution in [0.15, 0.2) is 40.2 Å². The Morgan fingerprint density at radius 3 is 2.60 bits per heavy atom. The van der Waals surface area contributed by atoms with Gasteiger partial charge in [0.25, 0.3) is 0 Å². The Morgan fingerprint density at radius 1 is 1.20 bits per heavy atom. The van der Waals surface area contributed by atoms with Crippen molar-refractivity contribution in [1.82, 2.24) is 0 Å². The average Bonchev–Trinajstić information content (AvgIpc) is 2.64. The fourth-order valence-electron chi connectivity index (χ4n) is 1.41.